The molecule has 7 heteroatoms. The van der Waals surface area contributed by atoms with Gasteiger partial charge in [-0.3, -0.25) is 14.4 Å². The largest absolute Gasteiger partial charge is 0.376 e. The Morgan fingerprint density at radius 3 is 2.00 bits per heavy atom. The first-order valence-electron chi connectivity index (χ1n) is 12.4. The maximum Gasteiger partial charge on any atom is 0.258 e. The lowest BCUT2D eigenvalue weighted by Crippen LogP contribution is -2.26. The second kappa shape index (κ2) is 12.9. The lowest BCUT2D eigenvalue weighted by atomic mass is 10.1. The molecule has 4 aromatic rings. The Bertz CT molecular complexity index is 1370. The average molecular weight is 507 g/mol. The van der Waals surface area contributed by atoms with E-state index in [-0.39, 0.29) is 24.3 Å². The Kier molecular flexibility index (Phi) is 8.86. The maximum atomic E-state index is 12.9. The van der Waals surface area contributed by atoms with Crippen LogP contribution in [0.1, 0.15) is 22.3 Å². The van der Waals surface area contributed by atoms with Gasteiger partial charge >= 0.3 is 0 Å². The fourth-order valence-electron chi connectivity index (χ4n) is 3.88. The topological polar surface area (TPSA) is 90.5 Å². The zero-order valence-corrected chi connectivity index (χ0v) is 21.2. The number of rotatable bonds is 10. The highest BCUT2D eigenvalue weighted by molar-refractivity contribution is 6.06. The quantitative estimate of drug-likeness (QED) is 0.262. The third-order valence-corrected chi connectivity index (χ3v) is 5.95. The summed E-state index contributed by atoms with van der Waals surface area (Å²) in [5.41, 5.74) is 4.37. The van der Waals surface area contributed by atoms with E-state index in [4.69, 9.17) is 0 Å². The molecule has 192 valence electrons. The lowest BCUT2D eigenvalue weighted by molar-refractivity contribution is -0.116. The average Bonchev–Trinajstić information content (AvgIpc) is 2.96. The minimum atomic E-state index is -0.246. The molecule has 0 saturated heterocycles. The number of nitrogens with one attached hydrogen (secondary N) is 3. The van der Waals surface area contributed by atoms with Crippen molar-refractivity contribution in [2.45, 2.75) is 12.8 Å². The van der Waals surface area contributed by atoms with E-state index < -0.39 is 0 Å². The summed E-state index contributed by atoms with van der Waals surface area (Å²) < 4.78 is 0. The molecule has 0 aliphatic carbocycles. The van der Waals surface area contributed by atoms with Crippen molar-refractivity contribution in [1.82, 2.24) is 0 Å². The standard InChI is InChI=1S/C31H30N4O3/c1-35(28-13-6-3-7-14-28)31(38)24-11-8-12-27(21-24)34-30(37)22-32-25-16-18-26(19-17-25)33-29(36)20-15-23-9-4-2-5-10-23/h2-14,16-19,21,32H,15,20,22H2,1H3,(H,33,36)(H,34,37). The van der Waals surface area contributed by atoms with E-state index >= 15 is 0 Å². The molecule has 0 saturated carbocycles. The third-order valence-electron chi connectivity index (χ3n) is 5.95. The van der Waals surface area contributed by atoms with Gasteiger partial charge in [0, 0.05) is 41.8 Å². The summed E-state index contributed by atoms with van der Waals surface area (Å²) in [5.74, 6) is -0.466. The van der Waals surface area contributed by atoms with Crippen LogP contribution in [0.5, 0.6) is 0 Å². The number of benzene rings is 4. The molecule has 0 unspecified atom stereocenters. The van der Waals surface area contributed by atoms with Crippen LogP contribution in [0.3, 0.4) is 0 Å². The van der Waals surface area contributed by atoms with Crippen LogP contribution in [-0.2, 0) is 16.0 Å². The van der Waals surface area contributed by atoms with Crippen LogP contribution in [0, 0.1) is 0 Å². The highest BCUT2D eigenvalue weighted by Crippen LogP contribution is 2.18. The van der Waals surface area contributed by atoms with E-state index in [1.165, 1.54) is 0 Å². The predicted molar refractivity (Wildman–Crippen MR) is 153 cm³/mol. The van der Waals surface area contributed by atoms with Crippen molar-refractivity contribution < 1.29 is 14.4 Å². The second-order valence-electron chi connectivity index (χ2n) is 8.79. The molecule has 0 aliphatic heterocycles. The molecule has 0 heterocycles. The molecule has 0 bridgehead atoms. The molecular weight excluding hydrogens is 476 g/mol. The van der Waals surface area contributed by atoms with Crippen LogP contribution >= 0.6 is 0 Å². The van der Waals surface area contributed by atoms with Crippen LogP contribution in [0.4, 0.5) is 22.7 Å². The molecule has 3 N–H and O–H groups in total. The van der Waals surface area contributed by atoms with Crippen molar-refractivity contribution in [3.05, 3.63) is 120 Å². The Hall–Kier alpha value is -4.91. The smallest absolute Gasteiger partial charge is 0.258 e. The molecule has 0 spiro atoms. The van der Waals surface area contributed by atoms with Gasteiger partial charge in [-0.15, -0.1) is 0 Å². The van der Waals surface area contributed by atoms with Crippen molar-refractivity contribution in [2.24, 2.45) is 0 Å². The summed E-state index contributed by atoms with van der Waals surface area (Å²) in [6.07, 6.45) is 1.09. The number of amides is 3. The van der Waals surface area contributed by atoms with E-state index in [1.54, 1.807) is 60.5 Å². The van der Waals surface area contributed by atoms with Gasteiger partial charge in [-0.2, -0.15) is 0 Å². The Balaban J connectivity index is 1.24. The van der Waals surface area contributed by atoms with Crippen LogP contribution in [-0.4, -0.2) is 31.3 Å². The first-order chi connectivity index (χ1) is 18.5. The zero-order valence-electron chi connectivity index (χ0n) is 21.2. The monoisotopic (exact) mass is 506 g/mol. The van der Waals surface area contributed by atoms with E-state index in [0.717, 1.165) is 16.9 Å². The number of hydrogen-bond donors (Lipinski definition) is 3. The fraction of sp³-hybridized carbons (Fsp3) is 0.129. The van der Waals surface area contributed by atoms with E-state index in [0.29, 0.717) is 29.8 Å². The number of para-hydroxylation sites is 1. The molecule has 0 aliphatic rings. The van der Waals surface area contributed by atoms with Gasteiger partial charge in [0.2, 0.25) is 11.8 Å². The van der Waals surface area contributed by atoms with Gasteiger partial charge < -0.3 is 20.9 Å². The van der Waals surface area contributed by atoms with Gasteiger partial charge in [-0.05, 0) is 66.6 Å². The van der Waals surface area contributed by atoms with Crippen LogP contribution < -0.4 is 20.9 Å². The van der Waals surface area contributed by atoms with E-state index in [1.807, 2.05) is 60.7 Å². The molecule has 0 fully saturated rings. The number of anilines is 4. The molecule has 0 atom stereocenters. The molecule has 4 aromatic carbocycles. The molecule has 4 rings (SSSR count). The lowest BCUT2D eigenvalue weighted by Gasteiger charge is -2.17. The number of nitrogens with zero attached hydrogens (tertiary/aromatic N) is 1. The number of carbonyl (C=O) groups is 3. The van der Waals surface area contributed by atoms with Crippen LogP contribution in [0.25, 0.3) is 0 Å². The number of carbonyl (C=O) groups excluding carboxylic acids is 3. The highest BCUT2D eigenvalue weighted by Gasteiger charge is 2.14. The summed E-state index contributed by atoms with van der Waals surface area (Å²) in [4.78, 5) is 39.2. The Morgan fingerprint density at radius 1 is 0.658 bits per heavy atom. The molecule has 0 aromatic heterocycles. The zero-order chi connectivity index (χ0) is 26.7. The van der Waals surface area contributed by atoms with Gasteiger partial charge in [0.25, 0.3) is 5.91 Å². The molecular formula is C31H30N4O3. The normalized spacial score (nSPS) is 10.3. The van der Waals surface area contributed by atoms with Crippen LogP contribution in [0.15, 0.2) is 109 Å². The van der Waals surface area contributed by atoms with Crippen molar-refractivity contribution in [2.75, 3.05) is 34.4 Å². The van der Waals surface area contributed by atoms with E-state index in [9.17, 15) is 14.4 Å². The molecule has 3 amide bonds. The SMILES string of the molecule is CN(C(=O)c1cccc(NC(=O)CNc2ccc(NC(=O)CCc3ccccc3)cc2)c1)c1ccccc1. The molecule has 0 radical (unpaired) electrons. The minimum Gasteiger partial charge on any atom is -0.376 e. The first kappa shape index (κ1) is 26.2. The van der Waals surface area contributed by atoms with Crippen LogP contribution in [0.2, 0.25) is 0 Å². The predicted octanol–water partition coefficient (Wildman–Crippen LogP) is 5.59. The Morgan fingerprint density at radius 2 is 1.29 bits per heavy atom. The van der Waals surface area contributed by atoms with Crippen molar-refractivity contribution in [3.8, 4) is 0 Å². The number of hydrogen-bond acceptors (Lipinski definition) is 4. The first-order valence-corrected chi connectivity index (χ1v) is 12.4. The summed E-state index contributed by atoms with van der Waals surface area (Å²) in [5, 5.41) is 8.78. The van der Waals surface area contributed by atoms with Gasteiger partial charge in [0.1, 0.15) is 0 Å². The minimum absolute atomic E-state index is 0.0465. The summed E-state index contributed by atoms with van der Waals surface area (Å²) in [7, 11) is 1.72. The van der Waals surface area contributed by atoms with E-state index in [2.05, 4.69) is 16.0 Å². The molecule has 7 nitrogen and oxygen atoms in total. The maximum absolute atomic E-state index is 12.9. The Labute approximate surface area is 222 Å². The molecule has 38 heavy (non-hydrogen) atoms. The summed E-state index contributed by atoms with van der Waals surface area (Å²) in [6, 6.07) is 33.3. The summed E-state index contributed by atoms with van der Waals surface area (Å²) >= 11 is 0. The van der Waals surface area contributed by atoms with Gasteiger partial charge in [0.05, 0.1) is 6.54 Å². The third kappa shape index (κ3) is 7.54. The van der Waals surface area contributed by atoms with Gasteiger partial charge in [-0.25, -0.2) is 0 Å². The fourth-order valence-corrected chi connectivity index (χ4v) is 3.88. The van der Waals surface area contributed by atoms with Crippen molar-refractivity contribution in [1.29, 1.82) is 0 Å². The highest BCUT2D eigenvalue weighted by atomic mass is 16.2. The number of aryl methyl sites for hydroxylation is 1. The second-order valence-corrected chi connectivity index (χ2v) is 8.79. The van der Waals surface area contributed by atoms with Gasteiger partial charge in [0.15, 0.2) is 0 Å². The summed E-state index contributed by atoms with van der Waals surface area (Å²) in [6.45, 7) is 0.0465. The van der Waals surface area contributed by atoms with Crippen molar-refractivity contribution in [3.63, 3.8) is 0 Å². The van der Waals surface area contributed by atoms with Gasteiger partial charge in [-0.1, -0.05) is 54.6 Å². The van der Waals surface area contributed by atoms with Crippen molar-refractivity contribution >= 4 is 40.5 Å².